The smallest absolute Gasteiger partial charge is 0.150 e. The van der Waals surface area contributed by atoms with Gasteiger partial charge in [-0.15, -0.1) is 11.3 Å². The molecule has 0 bridgehead atoms. The minimum Gasteiger partial charge on any atom is -0.353 e. The Morgan fingerprint density at radius 2 is 2.24 bits per heavy atom. The Labute approximate surface area is 104 Å². The Morgan fingerprint density at radius 3 is 2.94 bits per heavy atom. The Bertz CT molecular complexity index is 540. The number of fused-ring (bicyclic) bond motifs is 1. The van der Waals surface area contributed by atoms with Crippen molar-refractivity contribution in [1.29, 1.82) is 0 Å². The van der Waals surface area contributed by atoms with E-state index in [0.29, 0.717) is 5.92 Å². The first-order chi connectivity index (χ1) is 8.16. The van der Waals surface area contributed by atoms with Crippen LogP contribution in [0.5, 0.6) is 0 Å². The number of thiophene rings is 1. The Morgan fingerprint density at radius 1 is 1.41 bits per heavy atom. The summed E-state index contributed by atoms with van der Waals surface area (Å²) >= 11 is 1.72. The van der Waals surface area contributed by atoms with E-state index in [2.05, 4.69) is 34.1 Å². The summed E-state index contributed by atoms with van der Waals surface area (Å²) in [6.07, 6.45) is 1.66. The van der Waals surface area contributed by atoms with Gasteiger partial charge in [-0.1, -0.05) is 6.92 Å². The molecule has 2 aromatic heterocycles. The van der Waals surface area contributed by atoms with E-state index in [-0.39, 0.29) is 6.04 Å². The average molecular weight is 248 g/mol. The number of nitrogens with two attached hydrogens (primary N) is 1. The first-order valence-electron chi connectivity index (χ1n) is 5.86. The molecule has 0 spiro atoms. The van der Waals surface area contributed by atoms with Crippen molar-refractivity contribution in [2.75, 3.05) is 18.0 Å². The van der Waals surface area contributed by atoms with Gasteiger partial charge in [-0.25, -0.2) is 9.97 Å². The molecule has 2 atom stereocenters. The number of anilines is 1. The van der Waals surface area contributed by atoms with Crippen LogP contribution >= 0.6 is 11.3 Å². The van der Waals surface area contributed by atoms with Crippen LogP contribution in [0, 0.1) is 12.8 Å². The second-order valence-electron chi connectivity index (χ2n) is 4.84. The Kier molecular flexibility index (Phi) is 2.52. The van der Waals surface area contributed by atoms with Gasteiger partial charge in [0.25, 0.3) is 0 Å². The molecule has 0 aromatic carbocycles. The molecule has 2 aromatic rings. The summed E-state index contributed by atoms with van der Waals surface area (Å²) < 4.78 is 1.19. The van der Waals surface area contributed by atoms with E-state index in [1.165, 1.54) is 10.3 Å². The molecule has 3 rings (SSSR count). The molecule has 1 aliphatic heterocycles. The topological polar surface area (TPSA) is 55.0 Å². The van der Waals surface area contributed by atoms with Crippen LogP contribution in [0.1, 0.15) is 12.5 Å². The van der Waals surface area contributed by atoms with E-state index < -0.39 is 0 Å². The highest BCUT2D eigenvalue weighted by Gasteiger charge is 2.28. The van der Waals surface area contributed by atoms with Crippen LogP contribution in [0.15, 0.2) is 11.7 Å². The number of aromatic nitrogens is 2. The van der Waals surface area contributed by atoms with Crippen LogP contribution in [0.4, 0.5) is 5.82 Å². The molecule has 5 heteroatoms. The molecule has 1 saturated heterocycles. The van der Waals surface area contributed by atoms with Gasteiger partial charge in [-0.2, -0.15) is 0 Å². The molecule has 0 radical (unpaired) electrons. The number of rotatable bonds is 1. The molecule has 4 nitrogen and oxygen atoms in total. The largest absolute Gasteiger partial charge is 0.353 e. The van der Waals surface area contributed by atoms with Crippen molar-refractivity contribution in [2.45, 2.75) is 19.9 Å². The number of hydrogen-bond donors (Lipinski definition) is 1. The lowest BCUT2D eigenvalue weighted by Crippen LogP contribution is -2.28. The molecular weight excluding hydrogens is 232 g/mol. The summed E-state index contributed by atoms with van der Waals surface area (Å²) in [4.78, 5) is 11.1. The number of aryl methyl sites for hydroxylation is 1. The molecule has 2 N–H and O–H groups in total. The van der Waals surface area contributed by atoms with Gasteiger partial charge in [0.05, 0.1) is 10.2 Å². The van der Waals surface area contributed by atoms with Crippen molar-refractivity contribution in [1.82, 2.24) is 9.97 Å². The molecule has 0 saturated carbocycles. The maximum Gasteiger partial charge on any atom is 0.150 e. The second kappa shape index (κ2) is 3.92. The van der Waals surface area contributed by atoms with Gasteiger partial charge in [-0.3, -0.25) is 0 Å². The molecule has 90 valence electrons. The molecule has 3 heterocycles. The van der Waals surface area contributed by atoms with Crippen molar-refractivity contribution >= 4 is 27.4 Å². The zero-order valence-corrected chi connectivity index (χ0v) is 10.9. The highest BCUT2D eigenvalue weighted by Crippen LogP contribution is 2.32. The maximum atomic E-state index is 6.07. The quantitative estimate of drug-likeness (QED) is 0.836. The van der Waals surface area contributed by atoms with Crippen LogP contribution in [-0.4, -0.2) is 29.1 Å². The van der Waals surface area contributed by atoms with Crippen molar-refractivity contribution < 1.29 is 0 Å². The molecule has 17 heavy (non-hydrogen) atoms. The summed E-state index contributed by atoms with van der Waals surface area (Å²) in [6.45, 7) is 6.17. The van der Waals surface area contributed by atoms with Crippen molar-refractivity contribution in [3.63, 3.8) is 0 Å². The molecule has 1 aliphatic rings. The van der Waals surface area contributed by atoms with E-state index in [1.807, 2.05) is 0 Å². The zero-order chi connectivity index (χ0) is 12.0. The SMILES string of the molecule is Cc1csc2c(N3CC(C)C(N)C3)ncnc12. The maximum absolute atomic E-state index is 6.07. The zero-order valence-electron chi connectivity index (χ0n) is 10.1. The van der Waals surface area contributed by atoms with Gasteiger partial charge in [0.1, 0.15) is 12.1 Å². The third-order valence-corrected chi connectivity index (χ3v) is 4.57. The lowest BCUT2D eigenvalue weighted by Gasteiger charge is -2.17. The average Bonchev–Trinajstić information content (AvgIpc) is 2.84. The molecule has 1 fully saturated rings. The van der Waals surface area contributed by atoms with Crippen LogP contribution < -0.4 is 10.6 Å². The van der Waals surface area contributed by atoms with Gasteiger partial charge in [0.15, 0.2) is 0 Å². The number of hydrogen-bond acceptors (Lipinski definition) is 5. The summed E-state index contributed by atoms with van der Waals surface area (Å²) in [5, 5.41) is 2.14. The van der Waals surface area contributed by atoms with E-state index in [9.17, 15) is 0 Å². The van der Waals surface area contributed by atoms with Gasteiger partial charge in [0, 0.05) is 19.1 Å². The second-order valence-corrected chi connectivity index (χ2v) is 5.72. The highest BCUT2D eigenvalue weighted by atomic mass is 32.1. The summed E-state index contributed by atoms with van der Waals surface area (Å²) in [6, 6.07) is 0.251. The predicted octanol–water partition coefficient (Wildman–Crippen LogP) is 1.78. The third-order valence-electron chi connectivity index (χ3n) is 3.48. The fraction of sp³-hybridized carbons (Fsp3) is 0.500. The Balaban J connectivity index is 2.06. The van der Waals surface area contributed by atoms with Crippen LogP contribution in [0.2, 0.25) is 0 Å². The normalized spacial score (nSPS) is 24.8. The fourth-order valence-electron chi connectivity index (χ4n) is 2.35. The lowest BCUT2D eigenvalue weighted by molar-refractivity contribution is 0.566. The lowest BCUT2D eigenvalue weighted by atomic mass is 10.1. The molecule has 2 unspecified atom stereocenters. The minimum atomic E-state index is 0.251. The van der Waals surface area contributed by atoms with E-state index in [4.69, 9.17) is 5.73 Å². The van der Waals surface area contributed by atoms with E-state index in [0.717, 1.165) is 24.4 Å². The predicted molar refractivity (Wildman–Crippen MR) is 71.5 cm³/mol. The van der Waals surface area contributed by atoms with Crippen LogP contribution in [0.3, 0.4) is 0 Å². The minimum absolute atomic E-state index is 0.251. The van der Waals surface area contributed by atoms with E-state index >= 15 is 0 Å². The van der Waals surface area contributed by atoms with Crippen molar-refractivity contribution in [3.05, 3.63) is 17.3 Å². The summed E-state index contributed by atoms with van der Waals surface area (Å²) in [5.74, 6) is 1.58. The Hall–Kier alpha value is -1.20. The summed E-state index contributed by atoms with van der Waals surface area (Å²) in [7, 11) is 0. The molecule has 0 amide bonds. The standard InChI is InChI=1S/C12H16N4S/c1-7-3-16(4-9(7)13)12-11-10(14-6-15-12)8(2)5-17-11/h5-7,9H,3-4,13H2,1-2H3. The first-order valence-corrected chi connectivity index (χ1v) is 6.74. The molecule has 0 aliphatic carbocycles. The fourth-order valence-corrected chi connectivity index (χ4v) is 3.37. The highest BCUT2D eigenvalue weighted by molar-refractivity contribution is 7.18. The number of nitrogens with zero attached hydrogens (tertiary/aromatic N) is 3. The van der Waals surface area contributed by atoms with Gasteiger partial charge in [0.2, 0.25) is 0 Å². The first kappa shape index (κ1) is 10.9. The summed E-state index contributed by atoms with van der Waals surface area (Å²) in [5.41, 5.74) is 8.38. The van der Waals surface area contributed by atoms with Crippen LogP contribution in [0.25, 0.3) is 10.2 Å². The van der Waals surface area contributed by atoms with Crippen molar-refractivity contribution in [3.8, 4) is 0 Å². The van der Waals surface area contributed by atoms with Crippen molar-refractivity contribution in [2.24, 2.45) is 11.7 Å². The van der Waals surface area contributed by atoms with E-state index in [1.54, 1.807) is 17.7 Å². The molecular formula is C12H16N4S. The van der Waals surface area contributed by atoms with Gasteiger partial charge < -0.3 is 10.6 Å². The van der Waals surface area contributed by atoms with Gasteiger partial charge >= 0.3 is 0 Å². The monoisotopic (exact) mass is 248 g/mol. The van der Waals surface area contributed by atoms with Crippen LogP contribution in [-0.2, 0) is 0 Å². The third kappa shape index (κ3) is 1.70. The van der Waals surface area contributed by atoms with Gasteiger partial charge in [-0.05, 0) is 23.8 Å².